The van der Waals surface area contributed by atoms with Gasteiger partial charge in [0.25, 0.3) is 0 Å². The predicted octanol–water partition coefficient (Wildman–Crippen LogP) is 3.78. The number of quaternary nitrogens is 2. The quantitative estimate of drug-likeness (QED) is 0.334. The molecule has 38 heavy (non-hydrogen) atoms. The molecule has 0 N–H and O–H groups in total. The molecule has 0 radical (unpaired) electrons. The topological polar surface area (TPSA) is 36.9 Å². The van der Waals surface area contributed by atoms with Gasteiger partial charge in [0.05, 0.1) is 52.6 Å². The van der Waals surface area contributed by atoms with Crippen LogP contribution in [0.15, 0.2) is 48.5 Å². The second-order valence-electron chi connectivity index (χ2n) is 12.3. The number of benzene rings is 2. The number of nitrogens with zero attached hydrogens (tertiary/aromatic N) is 2. The summed E-state index contributed by atoms with van der Waals surface area (Å²) in [6, 6.07) is 18.0. The minimum atomic E-state index is -1.45. The minimum Gasteiger partial charge on any atom is -0.505 e. The lowest BCUT2D eigenvalue weighted by atomic mass is 9.60. The van der Waals surface area contributed by atoms with Crippen LogP contribution in [0.1, 0.15) is 52.4 Å². The predicted molar refractivity (Wildman–Crippen MR) is 155 cm³/mol. The standard InChI is InChI=1S/C30H46B2N2O4/c1-3-5-7-17-33-19-23-35-31(33,36-24-20-33)29-13-9-27(10-14-29)28-11-15-30(16-12-28)32-34(21-25-37-32,22-26-38-32)18-8-6-4-2/h9-16H,3-8,17-26H2,1-2H3. The van der Waals surface area contributed by atoms with Crippen molar-refractivity contribution in [2.45, 2.75) is 52.4 Å². The van der Waals surface area contributed by atoms with Crippen LogP contribution in [0.5, 0.6) is 0 Å². The van der Waals surface area contributed by atoms with Gasteiger partial charge in [-0.05, 0) is 36.8 Å². The third-order valence-electron chi connectivity index (χ3n) is 10.4. The monoisotopic (exact) mass is 520 g/mol. The average molecular weight is 520 g/mol. The molecule has 6 rings (SSSR count). The van der Waals surface area contributed by atoms with E-state index in [-0.39, 0.29) is 0 Å². The second-order valence-corrected chi connectivity index (χ2v) is 12.3. The van der Waals surface area contributed by atoms with E-state index >= 15 is 0 Å². The lowest BCUT2D eigenvalue weighted by Crippen LogP contribution is -2.69. The van der Waals surface area contributed by atoms with Gasteiger partial charge in [0.1, 0.15) is 0 Å². The third kappa shape index (κ3) is 4.11. The van der Waals surface area contributed by atoms with Crippen LogP contribution in [0, 0.1) is 0 Å². The van der Waals surface area contributed by atoms with Gasteiger partial charge in [-0.3, -0.25) is 0 Å². The molecule has 0 aromatic heterocycles. The van der Waals surface area contributed by atoms with Crippen LogP contribution < -0.4 is 10.9 Å². The van der Waals surface area contributed by atoms with Gasteiger partial charge in [0, 0.05) is 13.1 Å². The maximum atomic E-state index is 6.47. The first kappa shape index (κ1) is 26.5. The molecule has 4 aliphatic rings. The normalized spacial score (nSPS) is 34.1. The van der Waals surface area contributed by atoms with Crippen molar-refractivity contribution >= 4 is 24.3 Å². The van der Waals surface area contributed by atoms with Crippen molar-refractivity contribution in [3.63, 3.8) is 0 Å². The van der Waals surface area contributed by atoms with Crippen LogP contribution in [-0.4, -0.2) is 87.9 Å². The van der Waals surface area contributed by atoms with Crippen LogP contribution in [0.3, 0.4) is 0 Å². The first-order valence-corrected chi connectivity index (χ1v) is 15.4. The molecule has 2 aromatic carbocycles. The molecule has 0 aliphatic carbocycles. The number of rotatable bonds is 11. The molecule has 0 saturated carbocycles. The summed E-state index contributed by atoms with van der Waals surface area (Å²) in [4.78, 5) is 0. The largest absolute Gasteiger partial charge is 0.505 e. The summed E-state index contributed by atoms with van der Waals surface area (Å²) in [6.07, 6.45) is 7.53. The Morgan fingerprint density at radius 2 is 0.868 bits per heavy atom. The fraction of sp³-hybridized carbons (Fsp3) is 0.600. The zero-order chi connectivity index (χ0) is 26.1. The average Bonchev–Trinajstić information content (AvgIpc) is 3.67. The Morgan fingerprint density at radius 3 is 1.18 bits per heavy atom. The zero-order valence-corrected chi connectivity index (χ0v) is 23.6. The van der Waals surface area contributed by atoms with E-state index in [0.29, 0.717) is 0 Å². The Morgan fingerprint density at radius 1 is 0.526 bits per heavy atom. The van der Waals surface area contributed by atoms with Gasteiger partial charge in [-0.15, -0.1) is 0 Å². The Labute approximate surface area is 229 Å². The molecular formula is C30H46B2N2O4. The molecule has 0 amide bonds. The highest BCUT2D eigenvalue weighted by Gasteiger charge is 2.60. The van der Waals surface area contributed by atoms with E-state index in [0.717, 1.165) is 74.5 Å². The van der Waals surface area contributed by atoms with Crippen molar-refractivity contribution in [2.24, 2.45) is 0 Å². The summed E-state index contributed by atoms with van der Waals surface area (Å²) < 4.78 is 27.9. The minimum absolute atomic E-state index is 0.793. The second kappa shape index (κ2) is 10.7. The summed E-state index contributed by atoms with van der Waals surface area (Å²) in [7, 11) is 0. The molecule has 0 atom stereocenters. The van der Waals surface area contributed by atoms with Crippen molar-refractivity contribution in [1.29, 1.82) is 0 Å². The molecule has 6 nitrogen and oxygen atoms in total. The maximum Gasteiger partial charge on any atom is 0.502 e. The summed E-state index contributed by atoms with van der Waals surface area (Å²) in [5, 5.41) is 0. The highest BCUT2D eigenvalue weighted by Crippen LogP contribution is 2.37. The molecule has 0 unspecified atom stereocenters. The van der Waals surface area contributed by atoms with Crippen LogP contribution in [0.25, 0.3) is 11.1 Å². The molecule has 206 valence electrons. The number of unbranched alkanes of at least 4 members (excludes halogenated alkanes) is 4. The molecule has 4 saturated heterocycles. The SMILES string of the molecule is CCCCC[N+]12CCO[B-]1(c1ccc(-c3ccc([B-]45OCC[N+]4(CCCCC)CCO5)cc3)cc1)OCC2. The first-order chi connectivity index (χ1) is 18.6. The molecule has 0 bridgehead atoms. The molecular weight excluding hydrogens is 474 g/mol. The van der Waals surface area contributed by atoms with Crippen molar-refractivity contribution in [3.8, 4) is 11.1 Å². The Hall–Kier alpha value is -1.67. The molecule has 4 heterocycles. The van der Waals surface area contributed by atoms with Crippen LogP contribution in [0.4, 0.5) is 0 Å². The summed E-state index contributed by atoms with van der Waals surface area (Å²) in [5.74, 6) is 0. The third-order valence-corrected chi connectivity index (χ3v) is 10.4. The first-order valence-electron chi connectivity index (χ1n) is 15.4. The van der Waals surface area contributed by atoms with Crippen molar-refractivity contribution in [1.82, 2.24) is 0 Å². The zero-order valence-electron chi connectivity index (χ0n) is 23.6. The van der Waals surface area contributed by atoms with E-state index in [1.165, 1.54) is 60.6 Å². The molecule has 4 aliphatic heterocycles. The molecule has 2 aromatic rings. The highest BCUT2D eigenvalue weighted by molar-refractivity contribution is 6.76. The van der Waals surface area contributed by atoms with E-state index in [1.54, 1.807) is 0 Å². The Bertz CT molecular complexity index is 987. The number of hydrogen-bond acceptors (Lipinski definition) is 4. The molecule has 8 heteroatoms. The molecule has 0 spiro atoms. The van der Waals surface area contributed by atoms with Crippen LogP contribution >= 0.6 is 0 Å². The molecule has 4 fully saturated rings. The lowest BCUT2D eigenvalue weighted by Gasteiger charge is -2.47. The van der Waals surface area contributed by atoms with Gasteiger partial charge >= 0.3 is 13.4 Å². The van der Waals surface area contributed by atoms with Crippen molar-refractivity contribution in [3.05, 3.63) is 48.5 Å². The lowest BCUT2D eigenvalue weighted by molar-refractivity contribution is -0.820. The van der Waals surface area contributed by atoms with E-state index in [4.69, 9.17) is 18.6 Å². The Kier molecular flexibility index (Phi) is 7.49. The van der Waals surface area contributed by atoms with Gasteiger partial charge in [-0.2, -0.15) is 0 Å². The number of fused-ring (bicyclic) bond motifs is 2. The van der Waals surface area contributed by atoms with E-state index < -0.39 is 13.4 Å². The Balaban J connectivity index is 1.22. The fourth-order valence-electron chi connectivity index (χ4n) is 8.20. The summed E-state index contributed by atoms with van der Waals surface area (Å²) in [6.45, 7) is 11.4. The summed E-state index contributed by atoms with van der Waals surface area (Å²) >= 11 is 0. The highest BCUT2D eigenvalue weighted by atomic mass is 16.6. The van der Waals surface area contributed by atoms with E-state index in [2.05, 4.69) is 62.4 Å². The van der Waals surface area contributed by atoms with Gasteiger partial charge in [-0.25, -0.2) is 0 Å². The van der Waals surface area contributed by atoms with Crippen LogP contribution in [0.2, 0.25) is 0 Å². The maximum absolute atomic E-state index is 6.47. The summed E-state index contributed by atoms with van der Waals surface area (Å²) in [5.41, 5.74) is 4.88. The smallest absolute Gasteiger partial charge is 0.502 e. The van der Waals surface area contributed by atoms with E-state index in [9.17, 15) is 0 Å². The van der Waals surface area contributed by atoms with Gasteiger partial charge in [0.15, 0.2) is 0 Å². The van der Waals surface area contributed by atoms with Crippen LogP contribution in [-0.2, 0) is 18.6 Å². The fourth-order valence-corrected chi connectivity index (χ4v) is 8.20. The van der Waals surface area contributed by atoms with Crippen molar-refractivity contribution < 1.29 is 27.4 Å². The van der Waals surface area contributed by atoms with Gasteiger partial charge < -0.3 is 27.4 Å². The van der Waals surface area contributed by atoms with Gasteiger partial charge in [-0.1, -0.05) is 86.1 Å². The van der Waals surface area contributed by atoms with E-state index in [1.807, 2.05) is 0 Å². The number of hydrogen-bond donors (Lipinski definition) is 0. The van der Waals surface area contributed by atoms with Crippen molar-refractivity contribution in [2.75, 3.05) is 65.7 Å². The van der Waals surface area contributed by atoms with Gasteiger partial charge in [0.2, 0.25) is 0 Å².